The third-order valence-electron chi connectivity index (χ3n) is 13.6. The molecule has 63 heavy (non-hydrogen) atoms. The minimum absolute atomic E-state index is 0.0610. The number of rotatable bonds is 8. The summed E-state index contributed by atoms with van der Waals surface area (Å²) in [5, 5.41) is 13.1. The van der Waals surface area contributed by atoms with E-state index in [9.17, 15) is 23.1 Å². The van der Waals surface area contributed by atoms with Crippen LogP contribution in [0.15, 0.2) is 107 Å². The summed E-state index contributed by atoms with van der Waals surface area (Å²) in [6.07, 6.45) is 2.13. The summed E-state index contributed by atoms with van der Waals surface area (Å²) in [6, 6.07) is 30.7. The van der Waals surface area contributed by atoms with Gasteiger partial charge in [-0.1, -0.05) is 97.1 Å². The summed E-state index contributed by atoms with van der Waals surface area (Å²) in [4.78, 5) is 33.7. The van der Waals surface area contributed by atoms with Gasteiger partial charge in [-0.15, -0.1) is 0 Å². The highest BCUT2D eigenvalue weighted by Gasteiger charge is 2.39. The average molecular weight is 867 g/mol. The third-order valence-corrected chi connectivity index (χ3v) is 15.2. The molecular formula is C51H54N4O7S. The number of nitrogens with zero attached hydrogens (tertiary/aromatic N) is 2. The van der Waals surface area contributed by atoms with E-state index < -0.39 is 45.7 Å². The molecule has 326 valence electrons. The van der Waals surface area contributed by atoms with Gasteiger partial charge in [0.15, 0.2) is 0 Å². The third kappa shape index (κ3) is 7.94. The Balaban J connectivity index is 0.993. The molecule has 0 spiro atoms. The van der Waals surface area contributed by atoms with Crippen LogP contribution in [0.2, 0.25) is 0 Å². The second-order valence-corrected chi connectivity index (χ2v) is 19.6. The summed E-state index contributed by atoms with van der Waals surface area (Å²) < 4.78 is 44.9. The molecule has 0 saturated carbocycles. The zero-order valence-electron chi connectivity index (χ0n) is 36.4. The number of aryl methyl sites for hydroxylation is 2. The van der Waals surface area contributed by atoms with Crippen molar-refractivity contribution in [3.8, 4) is 16.9 Å². The van der Waals surface area contributed by atoms with Gasteiger partial charge in [0.1, 0.15) is 30.0 Å². The Kier molecular flexibility index (Phi) is 11.1. The van der Waals surface area contributed by atoms with Crippen molar-refractivity contribution in [3.05, 3.63) is 153 Å². The minimum atomic E-state index is -4.22. The topological polar surface area (TPSA) is 147 Å². The van der Waals surface area contributed by atoms with Crippen molar-refractivity contribution in [1.29, 1.82) is 0 Å². The maximum Gasteiger partial charge on any atom is 0.407 e. The molecule has 5 aromatic rings. The number of guanidine groups is 1. The van der Waals surface area contributed by atoms with E-state index in [4.69, 9.17) is 14.5 Å². The number of amides is 1. The molecule has 0 radical (unpaired) electrons. The predicted molar refractivity (Wildman–Crippen MR) is 243 cm³/mol. The molecule has 2 heterocycles. The molecule has 3 N–H and O–H groups in total. The molecule has 0 bridgehead atoms. The van der Waals surface area contributed by atoms with Crippen molar-refractivity contribution in [2.45, 2.75) is 95.2 Å². The zero-order chi connectivity index (χ0) is 44.2. The van der Waals surface area contributed by atoms with Crippen LogP contribution in [0.4, 0.5) is 4.79 Å². The van der Waals surface area contributed by atoms with Crippen LogP contribution in [0, 0.1) is 26.7 Å². The lowest BCUT2D eigenvalue weighted by molar-refractivity contribution is -0.141. The number of piperidine rings is 1. The number of carbonyl (C=O) groups excluding carboxylic acids is 1. The Morgan fingerprint density at radius 3 is 1.92 bits per heavy atom. The van der Waals surface area contributed by atoms with Crippen LogP contribution in [-0.4, -0.2) is 67.8 Å². The molecule has 12 heteroatoms. The number of carboxylic acid groups (broad SMARTS) is 1. The number of hydrogen-bond acceptors (Lipinski definition) is 7. The first kappa shape index (κ1) is 42.2. The van der Waals surface area contributed by atoms with Crippen LogP contribution in [0.5, 0.6) is 5.75 Å². The summed E-state index contributed by atoms with van der Waals surface area (Å²) in [7, 11) is -4.22. The lowest BCUT2D eigenvalue weighted by Crippen LogP contribution is -2.53. The predicted octanol–water partition coefficient (Wildman–Crippen LogP) is 8.55. The lowest BCUT2D eigenvalue weighted by atomic mass is 9.89. The number of alkyl carbamates (subject to hydrolysis) is 1. The fourth-order valence-corrected chi connectivity index (χ4v) is 11.9. The van der Waals surface area contributed by atoms with Gasteiger partial charge in [0, 0.05) is 31.0 Å². The number of aliphatic imine (C=N–C) groups is 1. The first-order chi connectivity index (χ1) is 30.2. The van der Waals surface area contributed by atoms with E-state index in [1.807, 2.05) is 100 Å². The van der Waals surface area contributed by atoms with Crippen molar-refractivity contribution in [2.75, 3.05) is 19.7 Å². The van der Waals surface area contributed by atoms with Crippen molar-refractivity contribution in [2.24, 2.45) is 10.9 Å². The minimum Gasteiger partial charge on any atom is -0.487 e. The Hall–Kier alpha value is -6.14. The van der Waals surface area contributed by atoms with Gasteiger partial charge >= 0.3 is 12.1 Å². The molecule has 1 fully saturated rings. The Bertz CT molecular complexity index is 2680. The number of hydrogen-bond donors (Lipinski definition) is 3. The number of carbonyl (C=O) groups is 2. The van der Waals surface area contributed by atoms with Crippen molar-refractivity contribution in [3.63, 3.8) is 0 Å². The standard InChI is InChI=1S/C51H54N4O7S/c1-30-31(2)47(32(3)42-28-51(4,5)62-46(30)42)63(59,60)54-49(52-45-36-16-8-6-14-33(36)22-23-34-15-7-9-17-37(34)45)55-26-24-35(25-27-55)44(48(56)57)53-50(58)61-29-43-40-20-12-10-18-38(40)39-19-11-13-21-41(39)43/h6-21,35,43-45H,22-29H2,1-5H3,(H,52,54)(H,53,58)(H,56,57)/t44-/m0/s1. The quantitative estimate of drug-likeness (QED) is 0.104. The molecule has 2 aliphatic heterocycles. The van der Waals surface area contributed by atoms with Gasteiger partial charge in [-0.25, -0.2) is 27.7 Å². The van der Waals surface area contributed by atoms with Crippen LogP contribution in [0.25, 0.3) is 11.1 Å². The van der Waals surface area contributed by atoms with Crippen LogP contribution in [0.1, 0.15) is 94.3 Å². The van der Waals surface area contributed by atoms with Gasteiger partial charge < -0.3 is 24.8 Å². The van der Waals surface area contributed by atoms with Crippen molar-refractivity contribution >= 4 is 28.0 Å². The number of nitrogens with one attached hydrogen (secondary N) is 2. The summed E-state index contributed by atoms with van der Waals surface area (Å²) in [5.41, 5.74) is 11.1. The molecule has 1 saturated heterocycles. The number of aliphatic carboxylic acids is 1. The highest BCUT2D eigenvalue weighted by atomic mass is 32.2. The van der Waals surface area contributed by atoms with Gasteiger partial charge in [-0.2, -0.15) is 0 Å². The van der Waals surface area contributed by atoms with Gasteiger partial charge in [0.25, 0.3) is 10.0 Å². The normalized spacial score (nSPS) is 17.6. The van der Waals surface area contributed by atoms with Gasteiger partial charge in [-0.05, 0) is 127 Å². The first-order valence-electron chi connectivity index (χ1n) is 21.9. The first-order valence-corrected chi connectivity index (χ1v) is 23.4. The molecule has 2 aliphatic carbocycles. The Morgan fingerprint density at radius 1 is 0.810 bits per heavy atom. The molecule has 11 nitrogen and oxygen atoms in total. The van der Waals surface area contributed by atoms with Crippen LogP contribution < -0.4 is 14.8 Å². The van der Waals surface area contributed by atoms with E-state index in [1.54, 1.807) is 0 Å². The molecule has 1 amide bonds. The summed E-state index contributed by atoms with van der Waals surface area (Å²) >= 11 is 0. The zero-order valence-corrected chi connectivity index (χ0v) is 37.2. The Labute approximate surface area is 369 Å². The van der Waals surface area contributed by atoms with Crippen molar-refractivity contribution in [1.82, 2.24) is 14.9 Å². The highest BCUT2D eigenvalue weighted by molar-refractivity contribution is 7.90. The van der Waals surface area contributed by atoms with Gasteiger partial charge in [0.05, 0.1) is 4.90 Å². The number of sulfonamides is 1. The largest absolute Gasteiger partial charge is 0.487 e. The highest BCUT2D eigenvalue weighted by Crippen LogP contribution is 2.46. The number of carboxylic acids is 1. The summed E-state index contributed by atoms with van der Waals surface area (Å²) in [6.45, 7) is 10.2. The molecule has 0 aromatic heterocycles. The second-order valence-electron chi connectivity index (χ2n) is 18.0. The van der Waals surface area contributed by atoms with Crippen LogP contribution >= 0.6 is 0 Å². The molecule has 4 aliphatic rings. The molecular weight excluding hydrogens is 813 g/mol. The monoisotopic (exact) mass is 866 g/mol. The fraction of sp³-hybridized carbons (Fsp3) is 0.353. The van der Waals surface area contributed by atoms with E-state index in [0.29, 0.717) is 43.5 Å². The number of likely N-dealkylation sites (tertiary alicyclic amines) is 1. The average Bonchev–Trinajstić information content (AvgIpc) is 3.73. The maximum absolute atomic E-state index is 14.9. The Morgan fingerprint density at radius 2 is 1.35 bits per heavy atom. The molecule has 1 atom stereocenters. The number of fused-ring (bicyclic) bond motifs is 6. The van der Waals surface area contributed by atoms with E-state index in [1.165, 1.54) is 0 Å². The molecule has 5 aromatic carbocycles. The van der Waals surface area contributed by atoms with E-state index in [-0.39, 0.29) is 23.4 Å². The van der Waals surface area contributed by atoms with Crippen LogP contribution in [0.3, 0.4) is 0 Å². The summed E-state index contributed by atoms with van der Waals surface area (Å²) in [5.74, 6) is -0.847. The second kappa shape index (κ2) is 16.5. The molecule has 9 rings (SSSR count). The van der Waals surface area contributed by atoms with Crippen LogP contribution in [-0.2, 0) is 38.8 Å². The smallest absolute Gasteiger partial charge is 0.407 e. The van der Waals surface area contributed by atoms with Crippen molar-refractivity contribution < 1.29 is 32.6 Å². The number of benzene rings is 5. The van der Waals surface area contributed by atoms with E-state index in [0.717, 1.165) is 74.2 Å². The lowest BCUT2D eigenvalue weighted by Gasteiger charge is -2.37. The molecule has 0 unspecified atom stereocenters. The SMILES string of the molecule is Cc1c(C)c(S(=O)(=O)N/C(=N\C2c3ccccc3CCc3ccccc32)N2CCC([C@H](NC(=O)OCC3c4ccccc4-c4ccccc43)C(=O)O)CC2)c(C)c2c1OC(C)(C)C2. The van der Waals surface area contributed by atoms with Gasteiger partial charge in [-0.3, -0.25) is 0 Å². The van der Waals surface area contributed by atoms with E-state index in [2.05, 4.69) is 46.4 Å². The van der Waals surface area contributed by atoms with E-state index >= 15 is 0 Å². The van der Waals surface area contributed by atoms with Gasteiger partial charge in [0.2, 0.25) is 5.96 Å². The fourth-order valence-electron chi connectivity index (χ4n) is 10.3. The number of ether oxygens (including phenoxy) is 2. The maximum atomic E-state index is 14.9.